The van der Waals surface area contributed by atoms with Gasteiger partial charge < -0.3 is 11.1 Å². The Hall–Kier alpha value is -1.40. The van der Waals surface area contributed by atoms with Crippen LogP contribution < -0.4 is 11.1 Å². The van der Waals surface area contributed by atoms with Crippen molar-refractivity contribution in [1.29, 1.82) is 0 Å². The van der Waals surface area contributed by atoms with Gasteiger partial charge in [0.25, 0.3) is 5.91 Å². The van der Waals surface area contributed by atoms with Crippen LogP contribution >= 0.6 is 31.9 Å². The van der Waals surface area contributed by atoms with Gasteiger partial charge in [0.05, 0.1) is 11.3 Å². The van der Waals surface area contributed by atoms with Gasteiger partial charge in [-0.2, -0.15) is 0 Å². The van der Waals surface area contributed by atoms with Crippen LogP contribution in [0.1, 0.15) is 15.9 Å². The number of nitrogens with two attached hydrogens (primary N) is 1. The lowest BCUT2D eigenvalue weighted by Crippen LogP contribution is -2.13. The molecule has 4 nitrogen and oxygen atoms in total. The van der Waals surface area contributed by atoms with Gasteiger partial charge in [0.1, 0.15) is 0 Å². The number of hydrogen-bond acceptors (Lipinski definition) is 3. The molecule has 0 fully saturated rings. The highest BCUT2D eigenvalue weighted by Crippen LogP contribution is 2.33. The van der Waals surface area contributed by atoms with E-state index in [9.17, 15) is 4.79 Å². The van der Waals surface area contributed by atoms with Crippen LogP contribution in [0.5, 0.6) is 0 Å². The minimum atomic E-state index is -0.220. The summed E-state index contributed by atoms with van der Waals surface area (Å²) in [7, 11) is 0. The number of benzene rings is 1. The van der Waals surface area contributed by atoms with Crippen molar-refractivity contribution in [3.8, 4) is 0 Å². The molecular weight excluding hydrogens is 374 g/mol. The number of amides is 1. The molecule has 0 aliphatic rings. The van der Waals surface area contributed by atoms with Crippen LogP contribution in [0.25, 0.3) is 0 Å². The Labute approximate surface area is 127 Å². The fourth-order valence-corrected chi connectivity index (χ4v) is 3.00. The van der Waals surface area contributed by atoms with E-state index in [0.29, 0.717) is 25.9 Å². The summed E-state index contributed by atoms with van der Waals surface area (Å²) in [6, 6.07) is 5.24. The lowest BCUT2D eigenvalue weighted by Gasteiger charge is -2.10. The third-order valence-electron chi connectivity index (χ3n) is 2.44. The third kappa shape index (κ3) is 3.33. The smallest absolute Gasteiger partial charge is 0.257 e. The van der Waals surface area contributed by atoms with Crippen molar-refractivity contribution in [2.24, 2.45) is 0 Å². The molecule has 0 spiro atoms. The van der Waals surface area contributed by atoms with Crippen LogP contribution in [-0.4, -0.2) is 10.9 Å². The third-order valence-corrected chi connectivity index (χ3v) is 3.69. The summed E-state index contributed by atoms with van der Waals surface area (Å²) in [6.07, 6.45) is 3.23. The number of nitrogens with zero attached hydrogens (tertiary/aromatic N) is 1. The highest BCUT2D eigenvalue weighted by Gasteiger charge is 2.12. The molecule has 0 saturated heterocycles. The average Bonchev–Trinajstić information content (AvgIpc) is 2.33. The van der Waals surface area contributed by atoms with E-state index in [0.717, 1.165) is 5.56 Å². The van der Waals surface area contributed by atoms with Crippen LogP contribution in [0, 0.1) is 6.92 Å². The molecule has 1 aromatic heterocycles. The molecule has 3 N–H and O–H groups in total. The lowest BCUT2D eigenvalue weighted by molar-refractivity contribution is 0.102. The topological polar surface area (TPSA) is 68.0 Å². The van der Waals surface area contributed by atoms with Gasteiger partial charge in [-0.3, -0.25) is 9.78 Å². The highest BCUT2D eigenvalue weighted by molar-refractivity contribution is 9.11. The Morgan fingerprint density at radius 2 is 1.84 bits per heavy atom. The molecule has 0 atom stereocenters. The number of rotatable bonds is 2. The largest absolute Gasteiger partial charge is 0.399 e. The summed E-state index contributed by atoms with van der Waals surface area (Å²) in [4.78, 5) is 16.1. The second-order valence-corrected chi connectivity index (χ2v) is 5.77. The van der Waals surface area contributed by atoms with Gasteiger partial charge in [-0.1, -0.05) is 0 Å². The van der Waals surface area contributed by atoms with Crippen LogP contribution in [0.2, 0.25) is 0 Å². The Kier molecular flexibility index (Phi) is 4.21. The molecule has 1 amide bonds. The predicted octanol–water partition coefficient (Wildman–Crippen LogP) is 3.75. The average molecular weight is 385 g/mol. The summed E-state index contributed by atoms with van der Waals surface area (Å²) in [6.45, 7) is 1.89. The molecule has 0 aliphatic heterocycles. The summed E-state index contributed by atoms with van der Waals surface area (Å²) in [5.41, 5.74) is 8.40. The molecule has 0 aliphatic carbocycles. The number of nitrogen functional groups attached to an aromatic ring is 1. The van der Waals surface area contributed by atoms with Crippen molar-refractivity contribution < 1.29 is 4.79 Å². The van der Waals surface area contributed by atoms with E-state index in [-0.39, 0.29) is 5.91 Å². The highest BCUT2D eigenvalue weighted by atomic mass is 79.9. The fourth-order valence-electron chi connectivity index (χ4n) is 1.58. The second kappa shape index (κ2) is 5.71. The maximum absolute atomic E-state index is 12.1. The number of hydrogen-bond donors (Lipinski definition) is 2. The summed E-state index contributed by atoms with van der Waals surface area (Å²) in [5.74, 6) is -0.220. The Bertz CT molecular complexity index is 621. The van der Waals surface area contributed by atoms with Gasteiger partial charge in [0.15, 0.2) is 0 Å². The molecular formula is C13H11Br2N3O. The van der Waals surface area contributed by atoms with Crippen molar-refractivity contribution in [2.45, 2.75) is 6.92 Å². The summed E-state index contributed by atoms with van der Waals surface area (Å²) in [5, 5.41) is 2.82. The van der Waals surface area contributed by atoms with Crippen molar-refractivity contribution in [1.82, 2.24) is 4.98 Å². The molecule has 98 valence electrons. The molecule has 0 bridgehead atoms. The first-order valence-corrected chi connectivity index (χ1v) is 7.03. The Morgan fingerprint density at radius 3 is 2.42 bits per heavy atom. The molecule has 6 heteroatoms. The van der Waals surface area contributed by atoms with Gasteiger partial charge in [-0.05, 0) is 62.5 Å². The van der Waals surface area contributed by atoms with Gasteiger partial charge in [0.2, 0.25) is 0 Å². The van der Waals surface area contributed by atoms with Crippen molar-refractivity contribution in [3.63, 3.8) is 0 Å². The van der Waals surface area contributed by atoms with E-state index in [2.05, 4.69) is 42.2 Å². The molecule has 1 heterocycles. The molecule has 0 unspecified atom stereocenters. The monoisotopic (exact) mass is 383 g/mol. The maximum Gasteiger partial charge on any atom is 0.257 e. The molecule has 0 saturated carbocycles. The van der Waals surface area contributed by atoms with Crippen LogP contribution in [0.3, 0.4) is 0 Å². The number of carbonyl (C=O) groups is 1. The first kappa shape index (κ1) is 14.0. The standard InChI is InChI=1S/C13H11Br2N3O/c1-7-2-8(6-17-5-7)13(19)18-12-10(14)3-9(16)4-11(12)15/h2-6H,16H2,1H3,(H,18,19). The van der Waals surface area contributed by atoms with E-state index in [1.54, 1.807) is 24.4 Å². The van der Waals surface area contributed by atoms with Crippen LogP contribution in [-0.2, 0) is 0 Å². The van der Waals surface area contributed by atoms with Gasteiger partial charge in [-0.25, -0.2) is 0 Å². The predicted molar refractivity (Wildman–Crippen MR) is 83.2 cm³/mol. The Balaban J connectivity index is 2.29. The number of pyridine rings is 1. The van der Waals surface area contributed by atoms with Gasteiger partial charge in [-0.15, -0.1) is 0 Å². The normalized spacial score (nSPS) is 10.3. The van der Waals surface area contributed by atoms with Crippen molar-refractivity contribution >= 4 is 49.1 Å². The zero-order valence-electron chi connectivity index (χ0n) is 10.1. The summed E-state index contributed by atoms with van der Waals surface area (Å²) < 4.78 is 1.43. The van der Waals surface area contributed by atoms with Crippen LogP contribution in [0.4, 0.5) is 11.4 Å². The first-order chi connectivity index (χ1) is 8.97. The molecule has 19 heavy (non-hydrogen) atoms. The fraction of sp³-hybridized carbons (Fsp3) is 0.0769. The maximum atomic E-state index is 12.1. The van der Waals surface area contributed by atoms with E-state index >= 15 is 0 Å². The van der Waals surface area contributed by atoms with Crippen molar-refractivity contribution in [3.05, 3.63) is 50.7 Å². The van der Waals surface area contributed by atoms with Gasteiger partial charge >= 0.3 is 0 Å². The van der Waals surface area contributed by atoms with Crippen molar-refractivity contribution in [2.75, 3.05) is 11.1 Å². The lowest BCUT2D eigenvalue weighted by atomic mass is 10.2. The van der Waals surface area contributed by atoms with E-state index in [1.165, 1.54) is 6.20 Å². The summed E-state index contributed by atoms with van der Waals surface area (Å²) >= 11 is 6.75. The second-order valence-electron chi connectivity index (χ2n) is 4.06. The van der Waals surface area contributed by atoms with E-state index < -0.39 is 0 Å². The number of carbonyl (C=O) groups excluding carboxylic acids is 1. The first-order valence-electron chi connectivity index (χ1n) is 5.45. The molecule has 2 aromatic rings. The number of halogens is 2. The SMILES string of the molecule is Cc1cncc(C(=O)Nc2c(Br)cc(N)cc2Br)c1. The van der Waals surface area contributed by atoms with E-state index in [1.807, 2.05) is 6.92 Å². The number of nitrogens with one attached hydrogen (secondary N) is 1. The zero-order chi connectivity index (χ0) is 14.0. The Morgan fingerprint density at radius 1 is 1.21 bits per heavy atom. The zero-order valence-corrected chi connectivity index (χ0v) is 13.2. The number of aromatic nitrogens is 1. The number of anilines is 2. The quantitative estimate of drug-likeness (QED) is 0.774. The minimum Gasteiger partial charge on any atom is -0.399 e. The molecule has 1 aromatic carbocycles. The minimum absolute atomic E-state index is 0.220. The molecule has 0 radical (unpaired) electrons. The molecule has 2 rings (SSSR count). The van der Waals surface area contributed by atoms with Gasteiger partial charge in [0, 0.05) is 27.0 Å². The van der Waals surface area contributed by atoms with E-state index in [4.69, 9.17) is 5.73 Å². The number of aryl methyl sites for hydroxylation is 1. The van der Waals surface area contributed by atoms with Crippen LogP contribution in [0.15, 0.2) is 39.5 Å².